The number of carbonyl (C=O) groups excluding carboxylic acids is 1. The van der Waals surface area contributed by atoms with E-state index in [2.05, 4.69) is 0 Å². The molecule has 110 valence electrons. The van der Waals surface area contributed by atoms with Crippen LogP contribution in [0.3, 0.4) is 0 Å². The molecule has 1 amide bonds. The number of rotatable bonds is 5. The third-order valence-corrected chi connectivity index (χ3v) is 3.72. The minimum Gasteiger partial charge on any atom is -0.492 e. The molecule has 1 aliphatic rings. The maximum atomic E-state index is 11.3. The first-order valence-corrected chi connectivity index (χ1v) is 7.00. The van der Waals surface area contributed by atoms with Crippen LogP contribution in [0.2, 0.25) is 5.02 Å². The fraction of sp³-hybridized carbons (Fsp3) is 0.500. The number of amides is 1. The number of benzene rings is 1. The van der Waals surface area contributed by atoms with Gasteiger partial charge in [0.05, 0.1) is 0 Å². The van der Waals surface area contributed by atoms with E-state index >= 15 is 0 Å². The number of β-amino-alcohol motifs (C(OH)–C–C–N with tert-alkyl or cyclic N) is 1. The van der Waals surface area contributed by atoms with Crippen LogP contribution in [0, 0.1) is 0 Å². The number of hydrogen-bond donors (Lipinski definition) is 2. The molecule has 1 atom stereocenters. The minimum absolute atomic E-state index is 0.265. The second kappa shape index (κ2) is 6.43. The van der Waals surface area contributed by atoms with Crippen LogP contribution >= 0.6 is 11.6 Å². The quantitative estimate of drug-likeness (QED) is 0.851. The maximum absolute atomic E-state index is 11.3. The Morgan fingerprint density at radius 3 is 3.05 bits per heavy atom. The Morgan fingerprint density at radius 2 is 2.35 bits per heavy atom. The molecule has 0 unspecified atom stereocenters. The summed E-state index contributed by atoms with van der Waals surface area (Å²) < 4.78 is 5.59. The predicted octanol–water partition coefficient (Wildman–Crippen LogP) is 1.03. The molecule has 1 aliphatic heterocycles. The van der Waals surface area contributed by atoms with Gasteiger partial charge >= 0.3 is 0 Å². The second-order valence-corrected chi connectivity index (χ2v) is 5.52. The summed E-state index contributed by atoms with van der Waals surface area (Å²) in [5.41, 5.74) is 3.83. The van der Waals surface area contributed by atoms with Crippen LogP contribution in [0.5, 0.6) is 5.75 Å². The first kappa shape index (κ1) is 15.1. The number of piperidine rings is 1. The molecule has 0 aromatic heterocycles. The van der Waals surface area contributed by atoms with Gasteiger partial charge in [-0.05, 0) is 37.6 Å². The van der Waals surface area contributed by atoms with E-state index < -0.39 is 11.5 Å². The Kier molecular flexibility index (Phi) is 4.86. The molecule has 0 saturated carbocycles. The lowest BCUT2D eigenvalue weighted by Gasteiger charge is -2.36. The second-order valence-electron chi connectivity index (χ2n) is 5.08. The van der Waals surface area contributed by atoms with Gasteiger partial charge in [-0.15, -0.1) is 0 Å². The number of nitrogens with two attached hydrogens (primary N) is 1. The highest BCUT2D eigenvalue weighted by Gasteiger charge is 2.38. The maximum Gasteiger partial charge on any atom is 0.250 e. The minimum atomic E-state index is -1.41. The zero-order chi connectivity index (χ0) is 14.6. The Bertz CT molecular complexity index is 483. The number of hydrogen-bond acceptors (Lipinski definition) is 4. The molecule has 0 aliphatic carbocycles. The number of ether oxygens (including phenoxy) is 1. The van der Waals surface area contributed by atoms with Crippen LogP contribution in [0.25, 0.3) is 0 Å². The molecule has 1 heterocycles. The van der Waals surface area contributed by atoms with Gasteiger partial charge < -0.3 is 15.6 Å². The molecular weight excluding hydrogens is 280 g/mol. The van der Waals surface area contributed by atoms with Crippen molar-refractivity contribution in [1.82, 2.24) is 4.90 Å². The van der Waals surface area contributed by atoms with Crippen molar-refractivity contribution in [2.75, 3.05) is 26.2 Å². The molecule has 1 fully saturated rings. The number of nitrogens with zero attached hydrogens (tertiary/aromatic N) is 1. The Balaban J connectivity index is 1.81. The zero-order valence-corrected chi connectivity index (χ0v) is 12.0. The smallest absolute Gasteiger partial charge is 0.250 e. The highest BCUT2D eigenvalue weighted by atomic mass is 35.5. The molecule has 3 N–H and O–H groups in total. The van der Waals surface area contributed by atoms with Crippen LogP contribution in [-0.4, -0.2) is 47.8 Å². The monoisotopic (exact) mass is 298 g/mol. The van der Waals surface area contributed by atoms with E-state index in [0.717, 1.165) is 13.0 Å². The summed E-state index contributed by atoms with van der Waals surface area (Å²) in [6, 6.07) is 7.19. The standard InChI is InChI=1S/C14H19ClN2O3/c15-11-3-1-4-12(9-11)20-8-7-17-6-2-5-14(19,10-17)13(16)18/h1,3-4,9,19H,2,5-8,10H2,(H2,16,18)/t14-/m0/s1. The molecule has 0 bridgehead atoms. The van der Waals surface area contributed by atoms with Crippen molar-refractivity contribution in [3.05, 3.63) is 29.3 Å². The van der Waals surface area contributed by atoms with Crippen molar-refractivity contribution in [3.63, 3.8) is 0 Å². The molecule has 1 saturated heterocycles. The predicted molar refractivity (Wildman–Crippen MR) is 76.8 cm³/mol. The summed E-state index contributed by atoms with van der Waals surface area (Å²) in [4.78, 5) is 13.2. The summed E-state index contributed by atoms with van der Waals surface area (Å²) in [6.45, 7) is 2.19. The lowest BCUT2D eigenvalue weighted by Crippen LogP contribution is -2.56. The Hall–Kier alpha value is -1.30. The van der Waals surface area contributed by atoms with E-state index in [1.165, 1.54) is 0 Å². The number of halogens is 1. The third kappa shape index (κ3) is 3.85. The first-order valence-electron chi connectivity index (χ1n) is 6.63. The van der Waals surface area contributed by atoms with Gasteiger partial charge in [-0.2, -0.15) is 0 Å². The molecule has 0 radical (unpaired) electrons. The van der Waals surface area contributed by atoms with Crippen molar-refractivity contribution < 1.29 is 14.6 Å². The highest BCUT2D eigenvalue weighted by Crippen LogP contribution is 2.21. The molecule has 20 heavy (non-hydrogen) atoms. The van der Waals surface area contributed by atoms with Crippen LogP contribution < -0.4 is 10.5 Å². The first-order chi connectivity index (χ1) is 9.49. The molecule has 1 aromatic rings. The van der Waals surface area contributed by atoms with Crippen molar-refractivity contribution in [2.45, 2.75) is 18.4 Å². The molecular formula is C14H19ClN2O3. The summed E-state index contributed by atoms with van der Waals surface area (Å²) in [6.07, 6.45) is 1.17. The Morgan fingerprint density at radius 1 is 1.55 bits per heavy atom. The highest BCUT2D eigenvalue weighted by molar-refractivity contribution is 6.30. The van der Waals surface area contributed by atoms with Crippen LogP contribution in [0.15, 0.2) is 24.3 Å². The van der Waals surface area contributed by atoms with E-state index in [1.54, 1.807) is 12.1 Å². The van der Waals surface area contributed by atoms with Gasteiger partial charge in [0, 0.05) is 18.1 Å². The molecule has 2 rings (SSSR count). The number of carbonyl (C=O) groups is 1. The molecule has 1 aromatic carbocycles. The fourth-order valence-electron chi connectivity index (χ4n) is 2.36. The number of aliphatic hydroxyl groups is 1. The van der Waals surface area contributed by atoms with Gasteiger partial charge in [0.1, 0.15) is 12.4 Å². The van der Waals surface area contributed by atoms with Crippen molar-refractivity contribution in [3.8, 4) is 5.75 Å². The summed E-state index contributed by atoms with van der Waals surface area (Å²) in [5, 5.41) is 10.7. The van der Waals surface area contributed by atoms with E-state index in [9.17, 15) is 9.90 Å². The van der Waals surface area contributed by atoms with Crippen LogP contribution in [0.1, 0.15) is 12.8 Å². The van der Waals surface area contributed by atoms with E-state index in [0.29, 0.717) is 30.3 Å². The van der Waals surface area contributed by atoms with Gasteiger partial charge in [-0.1, -0.05) is 17.7 Å². The lowest BCUT2D eigenvalue weighted by atomic mass is 9.92. The zero-order valence-electron chi connectivity index (χ0n) is 11.2. The summed E-state index contributed by atoms with van der Waals surface area (Å²) in [7, 11) is 0. The Labute approximate surface area is 123 Å². The molecule has 6 heteroatoms. The topological polar surface area (TPSA) is 75.8 Å². The number of primary amides is 1. The summed E-state index contributed by atoms with van der Waals surface area (Å²) in [5.74, 6) is 0.0534. The van der Waals surface area contributed by atoms with Crippen LogP contribution in [0.4, 0.5) is 0 Å². The van der Waals surface area contributed by atoms with Gasteiger partial charge in [0.25, 0.3) is 5.91 Å². The fourth-order valence-corrected chi connectivity index (χ4v) is 2.54. The van der Waals surface area contributed by atoms with E-state index in [4.69, 9.17) is 22.1 Å². The lowest BCUT2D eigenvalue weighted by molar-refractivity contribution is -0.142. The van der Waals surface area contributed by atoms with Gasteiger partial charge in [-0.3, -0.25) is 9.69 Å². The average molecular weight is 299 g/mol. The van der Waals surface area contributed by atoms with Gasteiger partial charge in [0.2, 0.25) is 0 Å². The molecule has 0 spiro atoms. The molecule has 5 nitrogen and oxygen atoms in total. The third-order valence-electron chi connectivity index (χ3n) is 3.48. The van der Waals surface area contributed by atoms with Crippen molar-refractivity contribution in [1.29, 1.82) is 0 Å². The van der Waals surface area contributed by atoms with Crippen molar-refractivity contribution in [2.24, 2.45) is 5.73 Å². The van der Waals surface area contributed by atoms with E-state index in [-0.39, 0.29) is 6.54 Å². The van der Waals surface area contributed by atoms with Crippen molar-refractivity contribution >= 4 is 17.5 Å². The normalized spacial score (nSPS) is 23.5. The number of likely N-dealkylation sites (tertiary alicyclic amines) is 1. The summed E-state index contributed by atoms with van der Waals surface area (Å²) >= 11 is 5.87. The largest absolute Gasteiger partial charge is 0.492 e. The van der Waals surface area contributed by atoms with Gasteiger partial charge in [-0.25, -0.2) is 0 Å². The SMILES string of the molecule is NC(=O)[C@]1(O)CCCN(CCOc2cccc(Cl)c2)C1. The van der Waals surface area contributed by atoms with Gasteiger partial charge in [0.15, 0.2) is 5.60 Å². The van der Waals surface area contributed by atoms with E-state index in [1.807, 2.05) is 17.0 Å². The van der Waals surface area contributed by atoms with Crippen LogP contribution in [-0.2, 0) is 4.79 Å². The average Bonchev–Trinajstić information content (AvgIpc) is 2.39.